The van der Waals surface area contributed by atoms with E-state index in [1.807, 2.05) is 19.1 Å². The van der Waals surface area contributed by atoms with E-state index in [1.165, 1.54) is 0 Å². The molecule has 0 saturated heterocycles. The van der Waals surface area contributed by atoms with Crippen LogP contribution in [0.1, 0.15) is 45.7 Å². The van der Waals surface area contributed by atoms with Crippen LogP contribution in [0.25, 0.3) is 0 Å². The normalized spacial score (nSPS) is 14.9. The zero-order valence-electron chi connectivity index (χ0n) is 10.6. The highest BCUT2D eigenvalue weighted by Gasteiger charge is 2.08. The summed E-state index contributed by atoms with van der Waals surface area (Å²) in [6.45, 7) is 8.40. The quantitative estimate of drug-likeness (QED) is 0.833. The lowest BCUT2D eigenvalue weighted by atomic mass is 10.1. The first-order valence-electron chi connectivity index (χ1n) is 5.87. The van der Waals surface area contributed by atoms with Crippen LogP contribution >= 0.6 is 0 Å². The van der Waals surface area contributed by atoms with Gasteiger partial charge in [-0.15, -0.1) is 0 Å². The van der Waals surface area contributed by atoms with E-state index in [-0.39, 0.29) is 12.1 Å². The molecule has 0 bridgehead atoms. The molecule has 2 N–H and O–H groups in total. The van der Waals surface area contributed by atoms with Crippen LogP contribution in [-0.2, 0) is 0 Å². The Kier molecular flexibility index (Phi) is 4.74. The molecule has 1 heterocycles. The number of pyridine rings is 1. The summed E-state index contributed by atoms with van der Waals surface area (Å²) in [6.07, 6.45) is 2.97. The summed E-state index contributed by atoms with van der Waals surface area (Å²) in [6, 6.07) is 3.86. The predicted octanol–water partition coefficient (Wildman–Crippen LogP) is 2.91. The van der Waals surface area contributed by atoms with E-state index in [4.69, 9.17) is 10.5 Å². The summed E-state index contributed by atoms with van der Waals surface area (Å²) in [4.78, 5) is 4.19. The van der Waals surface area contributed by atoms with Crippen LogP contribution in [0.2, 0.25) is 0 Å². The second-order valence-corrected chi connectivity index (χ2v) is 4.77. The number of hydrogen-bond acceptors (Lipinski definition) is 3. The first-order chi connectivity index (χ1) is 7.49. The minimum absolute atomic E-state index is 0.0192. The van der Waals surface area contributed by atoms with Crippen LogP contribution in [0.15, 0.2) is 18.3 Å². The van der Waals surface area contributed by atoms with Gasteiger partial charge in [0.05, 0.1) is 6.10 Å². The van der Waals surface area contributed by atoms with Gasteiger partial charge in [0.1, 0.15) is 0 Å². The van der Waals surface area contributed by atoms with E-state index in [0.717, 1.165) is 12.0 Å². The van der Waals surface area contributed by atoms with Gasteiger partial charge in [-0.2, -0.15) is 0 Å². The Morgan fingerprint density at radius 3 is 2.56 bits per heavy atom. The van der Waals surface area contributed by atoms with E-state index in [0.29, 0.717) is 11.8 Å². The van der Waals surface area contributed by atoms with E-state index >= 15 is 0 Å². The molecule has 0 radical (unpaired) electrons. The van der Waals surface area contributed by atoms with Crippen LogP contribution in [0, 0.1) is 5.92 Å². The third kappa shape index (κ3) is 4.19. The highest BCUT2D eigenvalue weighted by molar-refractivity contribution is 5.22. The number of ether oxygens (including phenoxy) is 1. The number of nitrogens with zero attached hydrogens (tertiary/aromatic N) is 1. The van der Waals surface area contributed by atoms with Gasteiger partial charge >= 0.3 is 0 Å². The molecule has 0 saturated carbocycles. The zero-order valence-corrected chi connectivity index (χ0v) is 10.6. The SMILES string of the molecule is CC(C)CC(C)Oc1cc([C@@H](C)N)ccn1. The second kappa shape index (κ2) is 5.85. The summed E-state index contributed by atoms with van der Waals surface area (Å²) in [5.74, 6) is 1.30. The molecule has 0 aromatic carbocycles. The molecule has 0 spiro atoms. The fourth-order valence-electron chi connectivity index (χ4n) is 1.69. The molecule has 0 fully saturated rings. The Morgan fingerprint density at radius 1 is 1.31 bits per heavy atom. The van der Waals surface area contributed by atoms with Gasteiger partial charge in [0.25, 0.3) is 0 Å². The van der Waals surface area contributed by atoms with E-state index in [9.17, 15) is 0 Å². The Labute approximate surface area is 98.0 Å². The van der Waals surface area contributed by atoms with Gasteiger partial charge < -0.3 is 10.5 Å². The average molecular weight is 222 g/mol. The Morgan fingerprint density at radius 2 is 2.00 bits per heavy atom. The first-order valence-corrected chi connectivity index (χ1v) is 5.87. The van der Waals surface area contributed by atoms with Crippen LogP contribution in [0.5, 0.6) is 5.88 Å². The highest BCUT2D eigenvalue weighted by atomic mass is 16.5. The molecule has 3 nitrogen and oxygen atoms in total. The molecule has 3 heteroatoms. The van der Waals surface area contributed by atoms with Crippen molar-refractivity contribution in [1.29, 1.82) is 0 Å². The van der Waals surface area contributed by atoms with Crippen molar-refractivity contribution < 1.29 is 4.74 Å². The summed E-state index contributed by atoms with van der Waals surface area (Å²) >= 11 is 0. The molecule has 0 aliphatic carbocycles. The molecular formula is C13H22N2O. The molecule has 0 amide bonds. The predicted molar refractivity (Wildman–Crippen MR) is 66.4 cm³/mol. The Bertz CT molecular complexity index is 323. The number of aromatic nitrogens is 1. The largest absolute Gasteiger partial charge is 0.475 e. The van der Waals surface area contributed by atoms with Crippen molar-refractivity contribution in [2.75, 3.05) is 0 Å². The monoisotopic (exact) mass is 222 g/mol. The number of rotatable bonds is 5. The summed E-state index contributed by atoms with van der Waals surface area (Å²) < 4.78 is 5.75. The third-order valence-electron chi connectivity index (χ3n) is 2.41. The van der Waals surface area contributed by atoms with Crippen molar-refractivity contribution in [2.24, 2.45) is 11.7 Å². The third-order valence-corrected chi connectivity index (χ3v) is 2.41. The van der Waals surface area contributed by atoms with Crippen LogP contribution in [-0.4, -0.2) is 11.1 Å². The molecule has 16 heavy (non-hydrogen) atoms. The maximum absolute atomic E-state index is 5.81. The molecule has 1 aromatic rings. The lowest BCUT2D eigenvalue weighted by Crippen LogP contribution is -2.15. The van der Waals surface area contributed by atoms with Crippen molar-refractivity contribution >= 4 is 0 Å². The Balaban J connectivity index is 2.63. The summed E-state index contributed by atoms with van der Waals surface area (Å²) in [5.41, 5.74) is 6.87. The molecule has 90 valence electrons. The van der Waals surface area contributed by atoms with Gasteiger partial charge in [0, 0.05) is 18.3 Å². The molecule has 1 rings (SSSR count). The minimum Gasteiger partial charge on any atom is -0.475 e. The van der Waals surface area contributed by atoms with Gasteiger partial charge in [-0.3, -0.25) is 0 Å². The van der Waals surface area contributed by atoms with Crippen molar-refractivity contribution in [1.82, 2.24) is 4.98 Å². The lowest BCUT2D eigenvalue weighted by molar-refractivity contribution is 0.185. The highest BCUT2D eigenvalue weighted by Crippen LogP contribution is 2.17. The average Bonchev–Trinajstić information content (AvgIpc) is 2.16. The van der Waals surface area contributed by atoms with Gasteiger partial charge in [0.15, 0.2) is 0 Å². The molecular weight excluding hydrogens is 200 g/mol. The van der Waals surface area contributed by atoms with Crippen molar-refractivity contribution in [3.63, 3.8) is 0 Å². The maximum Gasteiger partial charge on any atom is 0.213 e. The van der Waals surface area contributed by atoms with Crippen LogP contribution in [0.4, 0.5) is 0 Å². The lowest BCUT2D eigenvalue weighted by Gasteiger charge is -2.16. The smallest absolute Gasteiger partial charge is 0.213 e. The van der Waals surface area contributed by atoms with Crippen molar-refractivity contribution in [2.45, 2.75) is 46.3 Å². The Hall–Kier alpha value is -1.09. The molecule has 1 aromatic heterocycles. The van der Waals surface area contributed by atoms with E-state index in [1.54, 1.807) is 6.20 Å². The number of hydrogen-bond donors (Lipinski definition) is 1. The fourth-order valence-corrected chi connectivity index (χ4v) is 1.69. The topological polar surface area (TPSA) is 48.1 Å². The standard InChI is InChI=1S/C13H22N2O/c1-9(2)7-10(3)16-13-8-12(11(4)14)5-6-15-13/h5-6,8-11H,7,14H2,1-4H3/t10?,11-/m1/s1. The first kappa shape index (κ1) is 13.0. The van der Waals surface area contributed by atoms with Crippen molar-refractivity contribution in [3.8, 4) is 5.88 Å². The summed E-state index contributed by atoms with van der Waals surface area (Å²) in [5, 5.41) is 0. The second-order valence-electron chi connectivity index (χ2n) is 4.77. The minimum atomic E-state index is 0.0192. The van der Waals surface area contributed by atoms with Gasteiger partial charge in [-0.1, -0.05) is 13.8 Å². The van der Waals surface area contributed by atoms with Crippen LogP contribution in [0.3, 0.4) is 0 Å². The van der Waals surface area contributed by atoms with Gasteiger partial charge in [-0.25, -0.2) is 4.98 Å². The van der Waals surface area contributed by atoms with Gasteiger partial charge in [-0.05, 0) is 37.8 Å². The van der Waals surface area contributed by atoms with E-state index in [2.05, 4.69) is 25.8 Å². The number of nitrogens with two attached hydrogens (primary N) is 1. The van der Waals surface area contributed by atoms with Crippen LogP contribution < -0.4 is 10.5 Å². The zero-order chi connectivity index (χ0) is 12.1. The molecule has 0 aliphatic rings. The molecule has 1 unspecified atom stereocenters. The van der Waals surface area contributed by atoms with Gasteiger partial charge in [0.2, 0.25) is 5.88 Å². The maximum atomic E-state index is 5.81. The fraction of sp³-hybridized carbons (Fsp3) is 0.615. The molecule has 2 atom stereocenters. The summed E-state index contributed by atoms with van der Waals surface area (Å²) in [7, 11) is 0. The van der Waals surface area contributed by atoms with E-state index < -0.39 is 0 Å². The van der Waals surface area contributed by atoms with Crippen molar-refractivity contribution in [3.05, 3.63) is 23.9 Å². The molecule has 0 aliphatic heterocycles.